The quantitative estimate of drug-likeness (QED) is 0.520. The standard InChI is InChI=1S/C22H20Cl2O/c23-20-12-6-4-8-16(20)14-18-10-2-1-3-11-19(22(18)25)15-17-9-5-7-13-21(17)24/h4-9,12-15H,1-3,10-11H2/b18-14-,19-15+. The fraction of sp³-hybridized carbons (Fsp3) is 0.227. The van der Waals surface area contributed by atoms with Crippen molar-refractivity contribution in [1.82, 2.24) is 0 Å². The maximum Gasteiger partial charge on any atom is 0.185 e. The van der Waals surface area contributed by atoms with E-state index in [0.717, 1.165) is 54.4 Å². The summed E-state index contributed by atoms with van der Waals surface area (Å²) in [6.07, 6.45) is 8.62. The highest BCUT2D eigenvalue weighted by molar-refractivity contribution is 6.32. The number of hydrogen-bond acceptors (Lipinski definition) is 1. The Bertz CT molecular complexity index is 766. The first-order chi connectivity index (χ1) is 12.1. The molecule has 25 heavy (non-hydrogen) atoms. The van der Waals surface area contributed by atoms with E-state index in [1.807, 2.05) is 60.7 Å². The molecule has 0 atom stereocenters. The molecule has 0 N–H and O–H groups in total. The van der Waals surface area contributed by atoms with E-state index in [2.05, 4.69) is 0 Å². The van der Waals surface area contributed by atoms with E-state index >= 15 is 0 Å². The van der Waals surface area contributed by atoms with E-state index in [1.54, 1.807) is 0 Å². The predicted molar refractivity (Wildman–Crippen MR) is 107 cm³/mol. The third-order valence-corrected chi connectivity index (χ3v) is 5.13. The van der Waals surface area contributed by atoms with E-state index in [-0.39, 0.29) is 5.78 Å². The van der Waals surface area contributed by atoms with Gasteiger partial charge in [0, 0.05) is 21.2 Å². The van der Waals surface area contributed by atoms with Crippen LogP contribution in [0.1, 0.15) is 43.2 Å². The van der Waals surface area contributed by atoms with Gasteiger partial charge in [0.2, 0.25) is 0 Å². The Balaban J connectivity index is 1.98. The minimum Gasteiger partial charge on any atom is -0.289 e. The molecule has 128 valence electrons. The molecule has 1 aliphatic carbocycles. The number of hydrogen-bond donors (Lipinski definition) is 0. The van der Waals surface area contributed by atoms with E-state index in [4.69, 9.17) is 23.2 Å². The first-order valence-corrected chi connectivity index (χ1v) is 9.35. The van der Waals surface area contributed by atoms with Gasteiger partial charge in [0.15, 0.2) is 5.78 Å². The Morgan fingerprint density at radius 3 is 1.56 bits per heavy atom. The average molecular weight is 371 g/mol. The summed E-state index contributed by atoms with van der Waals surface area (Å²) in [5.41, 5.74) is 3.44. The second-order valence-electron chi connectivity index (χ2n) is 6.27. The predicted octanol–water partition coefficient (Wildman–Crippen LogP) is 6.99. The highest BCUT2D eigenvalue weighted by atomic mass is 35.5. The molecule has 0 spiro atoms. The van der Waals surface area contributed by atoms with Gasteiger partial charge in [-0.25, -0.2) is 0 Å². The van der Waals surface area contributed by atoms with Crippen LogP contribution in [0.2, 0.25) is 10.0 Å². The summed E-state index contributed by atoms with van der Waals surface area (Å²) in [6.45, 7) is 0. The molecule has 1 fully saturated rings. The summed E-state index contributed by atoms with van der Waals surface area (Å²) in [5.74, 6) is 0.111. The van der Waals surface area contributed by atoms with Crippen molar-refractivity contribution in [2.75, 3.05) is 0 Å². The average Bonchev–Trinajstić information content (AvgIpc) is 2.61. The second-order valence-corrected chi connectivity index (χ2v) is 7.09. The van der Waals surface area contributed by atoms with Gasteiger partial charge in [-0.15, -0.1) is 0 Å². The van der Waals surface area contributed by atoms with Crippen LogP contribution in [-0.2, 0) is 4.79 Å². The number of allylic oxidation sites excluding steroid dienone is 2. The Hall–Kier alpha value is -1.83. The van der Waals surface area contributed by atoms with Crippen molar-refractivity contribution >= 4 is 41.1 Å². The summed E-state index contributed by atoms with van der Waals surface area (Å²) in [4.78, 5) is 13.1. The molecule has 2 aromatic rings. The molecule has 0 saturated heterocycles. The number of ketones is 1. The molecule has 1 nitrogen and oxygen atoms in total. The van der Waals surface area contributed by atoms with Gasteiger partial charge >= 0.3 is 0 Å². The van der Waals surface area contributed by atoms with Crippen LogP contribution in [0, 0.1) is 0 Å². The molecule has 2 aromatic carbocycles. The summed E-state index contributed by atoms with van der Waals surface area (Å²) in [5, 5.41) is 1.34. The van der Waals surface area contributed by atoms with Crippen molar-refractivity contribution in [2.45, 2.75) is 32.1 Å². The molecule has 0 aliphatic heterocycles. The highest BCUT2D eigenvalue weighted by Gasteiger charge is 2.18. The monoisotopic (exact) mass is 370 g/mol. The van der Waals surface area contributed by atoms with Crippen molar-refractivity contribution in [1.29, 1.82) is 0 Å². The molecule has 3 rings (SSSR count). The van der Waals surface area contributed by atoms with Crippen LogP contribution in [0.15, 0.2) is 59.7 Å². The summed E-state index contributed by atoms with van der Waals surface area (Å²) in [7, 11) is 0. The lowest BCUT2D eigenvalue weighted by molar-refractivity contribution is -0.112. The maximum atomic E-state index is 13.1. The van der Waals surface area contributed by atoms with Gasteiger partial charge < -0.3 is 0 Å². The zero-order valence-electron chi connectivity index (χ0n) is 14.0. The number of Topliss-reactive ketones (excluding diaryl/α,β-unsaturated/α-hetero) is 1. The smallest absolute Gasteiger partial charge is 0.185 e. The molecule has 0 amide bonds. The lowest BCUT2D eigenvalue weighted by Crippen LogP contribution is -2.09. The number of carbonyl (C=O) groups excluding carboxylic acids is 1. The fourth-order valence-corrected chi connectivity index (χ4v) is 3.46. The largest absolute Gasteiger partial charge is 0.289 e. The van der Waals surface area contributed by atoms with Crippen molar-refractivity contribution in [3.63, 3.8) is 0 Å². The highest BCUT2D eigenvalue weighted by Crippen LogP contribution is 2.29. The summed E-state index contributed by atoms with van der Waals surface area (Å²) in [6, 6.07) is 15.2. The molecular formula is C22H20Cl2O. The van der Waals surface area contributed by atoms with Crippen molar-refractivity contribution in [3.05, 3.63) is 80.8 Å². The van der Waals surface area contributed by atoms with E-state index in [1.165, 1.54) is 0 Å². The van der Waals surface area contributed by atoms with Crippen molar-refractivity contribution < 1.29 is 4.79 Å². The third-order valence-electron chi connectivity index (χ3n) is 4.45. The van der Waals surface area contributed by atoms with Crippen LogP contribution >= 0.6 is 23.2 Å². The van der Waals surface area contributed by atoms with Crippen LogP contribution in [0.4, 0.5) is 0 Å². The first kappa shape index (κ1) is 18.0. The Morgan fingerprint density at radius 1 is 0.680 bits per heavy atom. The Kier molecular flexibility index (Phi) is 6.12. The van der Waals surface area contributed by atoms with Crippen LogP contribution in [0.5, 0.6) is 0 Å². The first-order valence-electron chi connectivity index (χ1n) is 8.60. The molecule has 0 heterocycles. The third kappa shape index (κ3) is 4.62. The van der Waals surface area contributed by atoms with Crippen LogP contribution in [0.3, 0.4) is 0 Å². The number of benzene rings is 2. The topological polar surface area (TPSA) is 17.1 Å². The minimum absolute atomic E-state index is 0.111. The van der Waals surface area contributed by atoms with Gasteiger partial charge in [-0.3, -0.25) is 4.79 Å². The summed E-state index contributed by atoms with van der Waals surface area (Å²) < 4.78 is 0. The van der Waals surface area contributed by atoms with Gasteiger partial charge in [-0.2, -0.15) is 0 Å². The fourth-order valence-electron chi connectivity index (χ4n) is 3.08. The maximum absolute atomic E-state index is 13.1. The van der Waals surface area contributed by atoms with Crippen molar-refractivity contribution in [2.24, 2.45) is 0 Å². The number of rotatable bonds is 2. The van der Waals surface area contributed by atoms with Crippen molar-refractivity contribution in [3.8, 4) is 0 Å². The van der Waals surface area contributed by atoms with Gasteiger partial charge in [0.1, 0.15) is 0 Å². The zero-order valence-corrected chi connectivity index (χ0v) is 15.5. The normalized spacial score (nSPS) is 19.0. The van der Waals surface area contributed by atoms with E-state index in [9.17, 15) is 4.79 Å². The Labute approximate surface area is 159 Å². The van der Waals surface area contributed by atoms with Crippen LogP contribution in [-0.4, -0.2) is 5.78 Å². The van der Waals surface area contributed by atoms with Gasteiger partial charge in [-0.1, -0.05) is 66.0 Å². The van der Waals surface area contributed by atoms with Crippen LogP contribution < -0.4 is 0 Å². The minimum atomic E-state index is 0.111. The SMILES string of the molecule is O=C1/C(=C\c2ccccc2Cl)CCCCC/C1=C\c1ccccc1Cl. The molecule has 0 radical (unpaired) electrons. The zero-order chi connectivity index (χ0) is 17.6. The molecule has 3 heteroatoms. The molecule has 1 saturated carbocycles. The molecule has 0 unspecified atom stereocenters. The molecular weight excluding hydrogens is 351 g/mol. The number of carbonyl (C=O) groups is 1. The van der Waals surface area contributed by atoms with Crippen LogP contribution in [0.25, 0.3) is 12.2 Å². The Morgan fingerprint density at radius 2 is 1.12 bits per heavy atom. The molecule has 0 aromatic heterocycles. The second kappa shape index (κ2) is 8.51. The van der Waals surface area contributed by atoms with Gasteiger partial charge in [0.05, 0.1) is 0 Å². The van der Waals surface area contributed by atoms with Gasteiger partial charge in [-0.05, 0) is 61.1 Å². The van der Waals surface area contributed by atoms with E-state index < -0.39 is 0 Å². The summed E-state index contributed by atoms with van der Waals surface area (Å²) >= 11 is 12.5. The van der Waals surface area contributed by atoms with Gasteiger partial charge in [0.25, 0.3) is 0 Å². The number of halogens is 2. The lowest BCUT2D eigenvalue weighted by atomic mass is 9.89. The molecule has 1 aliphatic rings. The van der Waals surface area contributed by atoms with E-state index in [0.29, 0.717) is 10.0 Å². The molecule has 0 bridgehead atoms. The lowest BCUT2D eigenvalue weighted by Gasteiger charge is -2.15.